The van der Waals surface area contributed by atoms with Crippen LogP contribution < -0.4 is 11.5 Å². The summed E-state index contributed by atoms with van der Waals surface area (Å²) in [5, 5.41) is 9.25. The molecule has 168 valence electrons. The van der Waals surface area contributed by atoms with E-state index in [1.807, 2.05) is 21.9 Å². The summed E-state index contributed by atoms with van der Waals surface area (Å²) in [6.07, 6.45) is 3.93. The molecule has 0 radical (unpaired) electrons. The molecule has 1 aliphatic carbocycles. The van der Waals surface area contributed by atoms with Gasteiger partial charge in [-0.3, -0.25) is 19.3 Å². The maximum Gasteiger partial charge on any atom is 0.248 e. The van der Waals surface area contributed by atoms with E-state index in [0.29, 0.717) is 31.6 Å². The highest BCUT2D eigenvalue weighted by Crippen LogP contribution is 2.44. The smallest absolute Gasteiger partial charge is 0.248 e. The topological polar surface area (TPSA) is 137 Å². The minimum atomic E-state index is -0.732. The first-order chi connectivity index (χ1) is 15.4. The first kappa shape index (κ1) is 20.9. The number of nitriles is 1. The van der Waals surface area contributed by atoms with Gasteiger partial charge in [-0.2, -0.15) is 5.26 Å². The minimum absolute atomic E-state index is 0.0212. The molecule has 9 heteroatoms. The number of nitrogens with two attached hydrogens (primary N) is 2. The van der Waals surface area contributed by atoms with Crippen LogP contribution in [0.15, 0.2) is 18.2 Å². The average Bonchev–Trinajstić information content (AvgIpc) is 3.55. The lowest BCUT2D eigenvalue weighted by Crippen LogP contribution is -2.56. The van der Waals surface area contributed by atoms with E-state index in [-0.39, 0.29) is 29.9 Å². The Morgan fingerprint density at radius 3 is 2.78 bits per heavy atom. The van der Waals surface area contributed by atoms with Crippen molar-refractivity contribution in [1.82, 2.24) is 14.7 Å². The van der Waals surface area contributed by atoms with Crippen LogP contribution >= 0.6 is 0 Å². The Labute approximate surface area is 186 Å². The standard InChI is InChI=1S/C23H28N6O3/c24-10-15-2-1-7-28(15)22(31)18(25)12-27-11-16-9-20(27)23(32)29(16)19-6-4-13-8-14(21(26)30)3-5-17(13)19/h3,5,8,15-16,18-20H,1-2,4,6-7,9,11-12,25H2,(H2,26,30)/t15-,16+,18-,19-,20+/m0/s1. The lowest BCUT2D eigenvalue weighted by molar-refractivity contribution is -0.141. The maximum absolute atomic E-state index is 13.3. The summed E-state index contributed by atoms with van der Waals surface area (Å²) in [4.78, 5) is 43.2. The monoisotopic (exact) mass is 436 g/mol. The number of carbonyl (C=O) groups is 3. The van der Waals surface area contributed by atoms with E-state index in [4.69, 9.17) is 11.5 Å². The van der Waals surface area contributed by atoms with Crippen LogP contribution in [0.2, 0.25) is 0 Å². The van der Waals surface area contributed by atoms with E-state index >= 15 is 0 Å². The number of hydrogen-bond donors (Lipinski definition) is 2. The number of carbonyl (C=O) groups excluding carboxylic acids is 3. The van der Waals surface area contributed by atoms with Crippen molar-refractivity contribution in [1.29, 1.82) is 5.26 Å². The molecular formula is C23H28N6O3. The molecule has 0 saturated carbocycles. The number of benzene rings is 1. The third-order valence-electron chi connectivity index (χ3n) is 7.56. The van der Waals surface area contributed by atoms with Crippen LogP contribution in [-0.4, -0.2) is 76.2 Å². The minimum Gasteiger partial charge on any atom is -0.366 e. The highest BCUT2D eigenvalue weighted by Gasteiger charge is 2.53. The first-order valence-corrected chi connectivity index (χ1v) is 11.3. The van der Waals surface area contributed by atoms with Crippen molar-refractivity contribution >= 4 is 17.7 Å². The summed E-state index contributed by atoms with van der Waals surface area (Å²) in [5.74, 6) is -0.547. The molecule has 5 rings (SSSR count). The van der Waals surface area contributed by atoms with Gasteiger partial charge in [0.05, 0.1) is 24.2 Å². The van der Waals surface area contributed by atoms with Gasteiger partial charge in [-0.1, -0.05) is 6.07 Å². The molecule has 1 aromatic rings. The van der Waals surface area contributed by atoms with Crippen molar-refractivity contribution in [2.45, 2.75) is 62.3 Å². The fraction of sp³-hybridized carbons (Fsp3) is 0.565. The molecule has 5 atom stereocenters. The summed E-state index contributed by atoms with van der Waals surface area (Å²) in [5.41, 5.74) is 14.3. The number of primary amides is 1. The van der Waals surface area contributed by atoms with Crippen molar-refractivity contribution in [3.05, 3.63) is 34.9 Å². The molecule has 0 aromatic heterocycles. The molecule has 0 spiro atoms. The Morgan fingerprint density at radius 2 is 2.06 bits per heavy atom. The fourth-order valence-electron chi connectivity index (χ4n) is 6.05. The van der Waals surface area contributed by atoms with Crippen LogP contribution in [0.4, 0.5) is 0 Å². The van der Waals surface area contributed by atoms with Gasteiger partial charge >= 0.3 is 0 Å². The summed E-state index contributed by atoms with van der Waals surface area (Å²) < 4.78 is 0. The van der Waals surface area contributed by atoms with Gasteiger partial charge in [-0.05, 0) is 55.4 Å². The molecule has 3 amide bonds. The molecule has 9 nitrogen and oxygen atoms in total. The molecule has 3 saturated heterocycles. The Morgan fingerprint density at radius 1 is 1.25 bits per heavy atom. The second kappa shape index (κ2) is 7.87. The Bertz CT molecular complexity index is 1020. The Balaban J connectivity index is 1.25. The second-order valence-electron chi connectivity index (χ2n) is 9.36. The van der Waals surface area contributed by atoms with Crippen molar-refractivity contribution in [3.8, 4) is 6.07 Å². The van der Waals surface area contributed by atoms with Gasteiger partial charge in [0, 0.05) is 31.2 Å². The van der Waals surface area contributed by atoms with Crippen molar-refractivity contribution in [2.24, 2.45) is 11.5 Å². The second-order valence-corrected chi connectivity index (χ2v) is 9.36. The molecular weight excluding hydrogens is 408 g/mol. The molecule has 32 heavy (non-hydrogen) atoms. The lowest BCUT2D eigenvalue weighted by atomic mass is 10.0. The predicted octanol–water partition coefficient (Wildman–Crippen LogP) is -0.100. The SMILES string of the molecule is N#C[C@@H]1CCCN1C(=O)[C@@H](N)CN1C[C@H]2C[C@@H]1C(=O)N2[C@H]1CCc2cc(C(N)=O)ccc21. The van der Waals surface area contributed by atoms with E-state index in [0.717, 1.165) is 36.8 Å². The number of hydrogen-bond acceptors (Lipinski definition) is 6. The number of likely N-dealkylation sites (tertiary alicyclic amines) is 3. The van der Waals surface area contributed by atoms with E-state index in [1.165, 1.54) is 0 Å². The number of nitrogens with zero attached hydrogens (tertiary/aromatic N) is 4. The zero-order chi connectivity index (χ0) is 22.6. The molecule has 3 aliphatic heterocycles. The highest BCUT2D eigenvalue weighted by molar-refractivity contribution is 5.93. The Kier molecular flexibility index (Phi) is 5.14. The van der Waals surface area contributed by atoms with E-state index in [1.54, 1.807) is 11.0 Å². The quantitative estimate of drug-likeness (QED) is 0.661. The lowest BCUT2D eigenvalue weighted by Gasteiger charge is -2.38. The van der Waals surface area contributed by atoms with Gasteiger partial charge in [-0.25, -0.2) is 0 Å². The van der Waals surface area contributed by atoms with Gasteiger partial charge in [-0.15, -0.1) is 0 Å². The third kappa shape index (κ3) is 3.26. The molecule has 3 heterocycles. The van der Waals surface area contributed by atoms with Crippen molar-refractivity contribution in [3.63, 3.8) is 0 Å². The molecule has 0 unspecified atom stereocenters. The van der Waals surface area contributed by atoms with Crippen LogP contribution in [-0.2, 0) is 16.0 Å². The van der Waals surface area contributed by atoms with Crippen LogP contribution in [0.25, 0.3) is 0 Å². The summed E-state index contributed by atoms with van der Waals surface area (Å²) in [7, 11) is 0. The van der Waals surface area contributed by atoms with E-state index < -0.39 is 18.0 Å². The van der Waals surface area contributed by atoms with Crippen LogP contribution in [0.1, 0.15) is 53.2 Å². The van der Waals surface area contributed by atoms with Crippen LogP contribution in [0.5, 0.6) is 0 Å². The maximum atomic E-state index is 13.3. The zero-order valence-electron chi connectivity index (χ0n) is 17.9. The normalized spacial score (nSPS) is 29.9. The molecule has 4 aliphatic rings. The van der Waals surface area contributed by atoms with E-state index in [9.17, 15) is 19.6 Å². The van der Waals surface area contributed by atoms with Crippen LogP contribution in [0, 0.1) is 11.3 Å². The van der Waals surface area contributed by atoms with Gasteiger partial charge in [0.15, 0.2) is 0 Å². The summed E-state index contributed by atoms with van der Waals surface area (Å²) in [6, 6.07) is 6.44. The number of aryl methyl sites for hydroxylation is 1. The average molecular weight is 437 g/mol. The summed E-state index contributed by atoms with van der Waals surface area (Å²) in [6.45, 7) is 1.60. The van der Waals surface area contributed by atoms with Crippen molar-refractivity contribution in [2.75, 3.05) is 19.6 Å². The predicted molar refractivity (Wildman–Crippen MR) is 115 cm³/mol. The third-order valence-corrected chi connectivity index (χ3v) is 7.56. The highest BCUT2D eigenvalue weighted by atomic mass is 16.2. The van der Waals surface area contributed by atoms with Gasteiger partial charge in [0.25, 0.3) is 0 Å². The Hall–Kier alpha value is -2.96. The van der Waals surface area contributed by atoms with Gasteiger partial charge in [0.2, 0.25) is 17.7 Å². The van der Waals surface area contributed by atoms with Gasteiger partial charge < -0.3 is 21.3 Å². The molecule has 2 bridgehead atoms. The largest absolute Gasteiger partial charge is 0.366 e. The molecule has 3 fully saturated rings. The number of rotatable bonds is 5. The first-order valence-electron chi connectivity index (χ1n) is 11.3. The summed E-state index contributed by atoms with van der Waals surface area (Å²) >= 11 is 0. The van der Waals surface area contributed by atoms with Crippen LogP contribution in [0.3, 0.4) is 0 Å². The molecule has 1 aromatic carbocycles. The number of piperazine rings is 1. The van der Waals surface area contributed by atoms with Crippen molar-refractivity contribution < 1.29 is 14.4 Å². The van der Waals surface area contributed by atoms with E-state index in [2.05, 4.69) is 6.07 Å². The van der Waals surface area contributed by atoms with Gasteiger partial charge in [0.1, 0.15) is 6.04 Å². The zero-order valence-corrected chi connectivity index (χ0v) is 17.9. The number of fused-ring (bicyclic) bond motifs is 3. The molecule has 4 N–H and O–H groups in total. The fourth-order valence-corrected chi connectivity index (χ4v) is 6.05. The number of amides is 3.